The Balaban J connectivity index is 2.63. The number of aliphatic carboxylic acids is 1. The Kier molecular flexibility index (Phi) is 6.45. The molecule has 1 aliphatic rings. The number of esters is 1. The molecule has 21 heavy (non-hydrogen) atoms. The van der Waals surface area contributed by atoms with Crippen LogP contribution in [0.25, 0.3) is 0 Å². The highest BCUT2D eigenvalue weighted by Crippen LogP contribution is 2.27. The van der Waals surface area contributed by atoms with Crippen molar-refractivity contribution in [2.24, 2.45) is 5.92 Å². The van der Waals surface area contributed by atoms with Crippen molar-refractivity contribution in [2.45, 2.75) is 51.6 Å². The van der Waals surface area contributed by atoms with Crippen LogP contribution in [-0.4, -0.2) is 53.7 Å². The summed E-state index contributed by atoms with van der Waals surface area (Å²) in [6.45, 7) is 4.05. The second-order valence-corrected chi connectivity index (χ2v) is 5.72. The van der Waals surface area contributed by atoms with E-state index in [1.807, 2.05) is 13.8 Å². The van der Waals surface area contributed by atoms with Gasteiger partial charge in [-0.1, -0.05) is 13.8 Å². The molecule has 7 heteroatoms. The maximum atomic E-state index is 12.3. The lowest BCUT2D eigenvalue weighted by atomic mass is 10.0. The van der Waals surface area contributed by atoms with Gasteiger partial charge in [-0.05, 0) is 25.2 Å². The van der Waals surface area contributed by atoms with Gasteiger partial charge in [0.05, 0.1) is 13.5 Å². The second kappa shape index (κ2) is 7.85. The van der Waals surface area contributed by atoms with Gasteiger partial charge in [-0.15, -0.1) is 0 Å². The van der Waals surface area contributed by atoms with Crippen LogP contribution < -0.4 is 5.32 Å². The van der Waals surface area contributed by atoms with Crippen molar-refractivity contribution < 1.29 is 24.2 Å². The van der Waals surface area contributed by atoms with E-state index in [2.05, 4.69) is 5.32 Å². The van der Waals surface area contributed by atoms with Crippen LogP contribution >= 0.6 is 0 Å². The van der Waals surface area contributed by atoms with Gasteiger partial charge in [0.25, 0.3) is 0 Å². The Morgan fingerprint density at radius 3 is 2.38 bits per heavy atom. The first-order valence-corrected chi connectivity index (χ1v) is 7.21. The van der Waals surface area contributed by atoms with Crippen LogP contribution in [0.3, 0.4) is 0 Å². The zero-order valence-corrected chi connectivity index (χ0v) is 12.8. The van der Waals surface area contributed by atoms with Crippen LogP contribution in [-0.2, 0) is 14.3 Å². The quantitative estimate of drug-likeness (QED) is 0.657. The van der Waals surface area contributed by atoms with E-state index in [0.29, 0.717) is 6.42 Å². The van der Waals surface area contributed by atoms with Crippen LogP contribution in [0.1, 0.15) is 39.5 Å². The van der Waals surface area contributed by atoms with Crippen LogP contribution in [0.15, 0.2) is 0 Å². The highest BCUT2D eigenvalue weighted by Gasteiger charge is 2.34. The number of urea groups is 1. The second-order valence-electron chi connectivity index (χ2n) is 5.72. The molecular weight excluding hydrogens is 276 g/mol. The molecule has 1 rings (SSSR count). The van der Waals surface area contributed by atoms with Gasteiger partial charge in [-0.3, -0.25) is 4.79 Å². The van der Waals surface area contributed by atoms with Crippen molar-refractivity contribution in [3.63, 3.8) is 0 Å². The summed E-state index contributed by atoms with van der Waals surface area (Å²) >= 11 is 0. The lowest BCUT2D eigenvalue weighted by Crippen LogP contribution is -2.50. The van der Waals surface area contributed by atoms with Gasteiger partial charge >= 0.3 is 18.0 Å². The number of hydrogen-bond acceptors (Lipinski definition) is 4. The zero-order chi connectivity index (χ0) is 16.0. The summed E-state index contributed by atoms with van der Waals surface area (Å²) in [4.78, 5) is 36.1. The topological polar surface area (TPSA) is 95.9 Å². The monoisotopic (exact) mass is 300 g/mol. The highest BCUT2D eigenvalue weighted by atomic mass is 16.5. The Bertz CT molecular complexity index is 393. The normalized spacial score (nSPS) is 15.4. The number of carboxylic acid groups (broad SMARTS) is 1. The van der Waals surface area contributed by atoms with E-state index >= 15 is 0 Å². The average molecular weight is 300 g/mol. The number of carbonyl (C=O) groups is 3. The minimum Gasteiger partial charge on any atom is -0.481 e. The van der Waals surface area contributed by atoms with E-state index < -0.39 is 24.0 Å². The highest BCUT2D eigenvalue weighted by molar-refractivity contribution is 5.84. The first kappa shape index (κ1) is 17.3. The van der Waals surface area contributed by atoms with Gasteiger partial charge in [0.2, 0.25) is 0 Å². The summed E-state index contributed by atoms with van der Waals surface area (Å²) in [5, 5.41) is 11.4. The van der Waals surface area contributed by atoms with E-state index in [1.165, 1.54) is 12.0 Å². The van der Waals surface area contributed by atoms with Crippen molar-refractivity contribution in [1.29, 1.82) is 0 Å². The molecule has 2 amide bonds. The molecule has 1 saturated carbocycles. The van der Waals surface area contributed by atoms with E-state index in [1.54, 1.807) is 0 Å². The summed E-state index contributed by atoms with van der Waals surface area (Å²) in [5.41, 5.74) is 0. The number of carbonyl (C=O) groups excluding carboxylic acids is 2. The van der Waals surface area contributed by atoms with Gasteiger partial charge in [0.15, 0.2) is 0 Å². The predicted octanol–water partition coefficient (Wildman–Crippen LogP) is 1.22. The van der Waals surface area contributed by atoms with Crippen molar-refractivity contribution in [1.82, 2.24) is 10.2 Å². The summed E-state index contributed by atoms with van der Waals surface area (Å²) in [6.07, 6.45) is 2.13. The summed E-state index contributed by atoms with van der Waals surface area (Å²) < 4.78 is 4.70. The number of amides is 2. The minimum absolute atomic E-state index is 0.0849. The molecule has 0 radical (unpaired) electrons. The van der Waals surface area contributed by atoms with Crippen LogP contribution in [0.2, 0.25) is 0 Å². The molecule has 0 aromatic rings. The van der Waals surface area contributed by atoms with Crippen LogP contribution in [0, 0.1) is 5.92 Å². The van der Waals surface area contributed by atoms with E-state index in [-0.39, 0.29) is 24.9 Å². The third kappa shape index (κ3) is 6.01. The molecule has 1 aliphatic carbocycles. The molecule has 0 bridgehead atoms. The van der Waals surface area contributed by atoms with Gasteiger partial charge in [0.1, 0.15) is 6.04 Å². The molecule has 0 aliphatic heterocycles. The molecule has 0 saturated heterocycles. The van der Waals surface area contributed by atoms with E-state index in [4.69, 9.17) is 9.84 Å². The summed E-state index contributed by atoms with van der Waals surface area (Å²) in [7, 11) is 1.28. The van der Waals surface area contributed by atoms with Gasteiger partial charge in [-0.25, -0.2) is 9.59 Å². The van der Waals surface area contributed by atoms with E-state index in [9.17, 15) is 14.4 Å². The number of methoxy groups -OCH3 is 1. The maximum absolute atomic E-state index is 12.3. The fourth-order valence-electron chi connectivity index (χ4n) is 2.11. The number of ether oxygens (including phenoxy) is 1. The van der Waals surface area contributed by atoms with Gasteiger partial charge in [0, 0.05) is 12.6 Å². The first-order valence-electron chi connectivity index (χ1n) is 7.21. The number of carboxylic acids is 1. The van der Waals surface area contributed by atoms with Gasteiger partial charge in [-0.2, -0.15) is 0 Å². The number of rotatable bonds is 8. The fourth-order valence-corrected chi connectivity index (χ4v) is 2.11. The Hall–Kier alpha value is -1.79. The van der Waals surface area contributed by atoms with Crippen molar-refractivity contribution in [3.8, 4) is 0 Å². The smallest absolute Gasteiger partial charge is 0.328 e. The minimum atomic E-state index is -0.944. The first-order chi connectivity index (χ1) is 9.85. The third-order valence-corrected chi connectivity index (χ3v) is 3.31. The molecule has 0 aromatic heterocycles. The molecule has 0 heterocycles. The predicted molar refractivity (Wildman–Crippen MR) is 75.8 cm³/mol. The Morgan fingerprint density at radius 2 is 1.95 bits per heavy atom. The Morgan fingerprint density at radius 1 is 1.33 bits per heavy atom. The zero-order valence-electron chi connectivity index (χ0n) is 12.8. The van der Waals surface area contributed by atoms with Crippen LogP contribution in [0.5, 0.6) is 0 Å². The number of nitrogens with one attached hydrogen (secondary N) is 1. The van der Waals surface area contributed by atoms with E-state index in [0.717, 1.165) is 12.8 Å². The fraction of sp³-hybridized carbons (Fsp3) is 0.786. The molecule has 1 atom stereocenters. The number of nitrogens with zero attached hydrogens (tertiary/aromatic N) is 1. The SMILES string of the molecule is COC(=O)C(CC(C)C)NC(=O)N(CCC(=O)O)C1CC1. The molecule has 120 valence electrons. The summed E-state index contributed by atoms with van der Waals surface area (Å²) in [5.74, 6) is -1.20. The van der Waals surface area contributed by atoms with Crippen LogP contribution in [0.4, 0.5) is 4.79 Å². The van der Waals surface area contributed by atoms with Crippen molar-refractivity contribution in [2.75, 3.05) is 13.7 Å². The molecular formula is C14H24N2O5. The number of hydrogen-bond donors (Lipinski definition) is 2. The Labute approximate surface area is 124 Å². The molecule has 1 fully saturated rings. The molecule has 0 aromatic carbocycles. The lowest BCUT2D eigenvalue weighted by molar-refractivity contribution is -0.143. The average Bonchev–Trinajstić information content (AvgIpc) is 3.20. The summed E-state index contributed by atoms with van der Waals surface area (Å²) in [6, 6.07) is -1.01. The standard InChI is InChI=1S/C14H24N2O5/c1-9(2)8-11(13(19)21-3)15-14(20)16(10-4-5-10)7-6-12(17)18/h9-11H,4-8H2,1-3H3,(H,15,20)(H,17,18). The largest absolute Gasteiger partial charge is 0.481 e. The van der Waals surface area contributed by atoms with Crippen molar-refractivity contribution >= 4 is 18.0 Å². The molecule has 0 spiro atoms. The maximum Gasteiger partial charge on any atom is 0.328 e. The molecule has 2 N–H and O–H groups in total. The molecule has 7 nitrogen and oxygen atoms in total. The van der Waals surface area contributed by atoms with Gasteiger partial charge < -0.3 is 20.1 Å². The third-order valence-electron chi connectivity index (χ3n) is 3.31. The lowest BCUT2D eigenvalue weighted by Gasteiger charge is -2.25. The molecule has 1 unspecified atom stereocenters. The van der Waals surface area contributed by atoms with Crippen molar-refractivity contribution in [3.05, 3.63) is 0 Å².